The highest BCUT2D eigenvalue weighted by molar-refractivity contribution is 5.84. The molecular formula is C21H32O5. The standard InChI is InChI=1S/C21H32O5/c1-21(12-7-13-21)19(24)10-6-9-16-15(17(22)14-18(16)23)8-4-2-3-5-11-20(25)26/h2,4,6,9,15-16,18-19,23-24H,3,5,7-8,10-14H2,1H3,(H,25,26)/t15-,16-,18?,19?/m1/s1. The van der Waals surface area contributed by atoms with Crippen molar-refractivity contribution in [2.24, 2.45) is 17.3 Å². The first-order valence-corrected chi connectivity index (χ1v) is 9.76. The van der Waals surface area contributed by atoms with Gasteiger partial charge < -0.3 is 15.3 Å². The SMILES string of the molecule is CC1(C(O)CC=C[C@H]2C(O)CC(=O)[C@@H]2CC=CCCCC(=O)O)CCC1. The van der Waals surface area contributed by atoms with Gasteiger partial charge in [-0.05, 0) is 43.9 Å². The highest BCUT2D eigenvalue weighted by atomic mass is 16.4. The van der Waals surface area contributed by atoms with Crippen LogP contribution in [0.5, 0.6) is 0 Å². The average molecular weight is 364 g/mol. The lowest BCUT2D eigenvalue weighted by Gasteiger charge is -2.42. The summed E-state index contributed by atoms with van der Waals surface area (Å²) in [5.74, 6) is -1.15. The molecule has 0 aliphatic heterocycles. The molecule has 3 N–H and O–H groups in total. The second-order valence-electron chi connectivity index (χ2n) is 8.10. The van der Waals surface area contributed by atoms with E-state index in [0.717, 1.165) is 12.8 Å². The second kappa shape index (κ2) is 9.47. The van der Waals surface area contributed by atoms with Gasteiger partial charge in [0, 0.05) is 24.7 Å². The fourth-order valence-electron chi connectivity index (χ4n) is 3.98. The fraction of sp³-hybridized carbons (Fsp3) is 0.714. The van der Waals surface area contributed by atoms with E-state index < -0.39 is 12.1 Å². The largest absolute Gasteiger partial charge is 0.481 e. The number of aliphatic carboxylic acids is 1. The Kier molecular flexibility index (Phi) is 7.59. The summed E-state index contributed by atoms with van der Waals surface area (Å²) in [7, 11) is 0. The third-order valence-electron chi connectivity index (χ3n) is 6.07. The number of hydrogen-bond donors (Lipinski definition) is 3. The predicted octanol–water partition coefficient (Wildman–Crippen LogP) is 3.25. The zero-order chi connectivity index (χ0) is 19.2. The van der Waals surface area contributed by atoms with Crippen LogP contribution in [0, 0.1) is 17.3 Å². The number of carboxylic acids is 1. The van der Waals surface area contributed by atoms with Crippen LogP contribution in [0.4, 0.5) is 0 Å². The lowest BCUT2D eigenvalue weighted by Crippen LogP contribution is -2.38. The molecule has 2 aliphatic rings. The number of carbonyl (C=O) groups excluding carboxylic acids is 1. The molecule has 0 amide bonds. The summed E-state index contributed by atoms with van der Waals surface area (Å²) in [4.78, 5) is 22.6. The number of aliphatic hydroxyl groups excluding tert-OH is 2. The van der Waals surface area contributed by atoms with Gasteiger partial charge in [0.25, 0.3) is 0 Å². The summed E-state index contributed by atoms with van der Waals surface area (Å²) in [6.45, 7) is 2.11. The Morgan fingerprint density at radius 2 is 2.04 bits per heavy atom. The molecule has 2 unspecified atom stereocenters. The topological polar surface area (TPSA) is 94.8 Å². The van der Waals surface area contributed by atoms with Crippen molar-refractivity contribution in [3.63, 3.8) is 0 Å². The van der Waals surface area contributed by atoms with Crippen LogP contribution in [-0.4, -0.2) is 39.3 Å². The van der Waals surface area contributed by atoms with Crippen LogP contribution in [0.1, 0.15) is 64.7 Å². The van der Waals surface area contributed by atoms with Gasteiger partial charge >= 0.3 is 5.97 Å². The number of ketones is 1. The smallest absolute Gasteiger partial charge is 0.303 e. The average Bonchev–Trinajstić information content (AvgIpc) is 2.81. The van der Waals surface area contributed by atoms with E-state index in [1.54, 1.807) is 0 Å². The Hall–Kier alpha value is -1.46. The summed E-state index contributed by atoms with van der Waals surface area (Å²) in [5, 5.41) is 29.1. The molecular weight excluding hydrogens is 332 g/mol. The molecule has 2 fully saturated rings. The quantitative estimate of drug-likeness (QED) is 0.408. The summed E-state index contributed by atoms with van der Waals surface area (Å²) in [6.07, 6.45) is 12.7. The van der Waals surface area contributed by atoms with Crippen LogP contribution in [0.2, 0.25) is 0 Å². The van der Waals surface area contributed by atoms with Crippen molar-refractivity contribution in [3.8, 4) is 0 Å². The van der Waals surface area contributed by atoms with Crippen LogP contribution < -0.4 is 0 Å². The number of carbonyl (C=O) groups is 2. The molecule has 0 aromatic heterocycles. The number of Topliss-reactive ketones (excluding diaryl/α,β-unsaturated/α-hetero) is 1. The van der Waals surface area contributed by atoms with Gasteiger partial charge in [-0.2, -0.15) is 0 Å². The number of rotatable bonds is 10. The summed E-state index contributed by atoms with van der Waals surface area (Å²) in [5.41, 5.74) is 0.0204. The molecule has 0 aromatic carbocycles. The predicted molar refractivity (Wildman–Crippen MR) is 99.6 cm³/mol. The van der Waals surface area contributed by atoms with Gasteiger partial charge in [0.2, 0.25) is 0 Å². The lowest BCUT2D eigenvalue weighted by atomic mass is 9.66. The number of carboxylic acid groups (broad SMARTS) is 1. The van der Waals surface area contributed by atoms with Crippen LogP contribution in [0.25, 0.3) is 0 Å². The van der Waals surface area contributed by atoms with Crippen LogP contribution in [0.15, 0.2) is 24.3 Å². The number of hydrogen-bond acceptors (Lipinski definition) is 4. The van der Waals surface area contributed by atoms with Crippen molar-refractivity contribution in [1.82, 2.24) is 0 Å². The lowest BCUT2D eigenvalue weighted by molar-refractivity contribution is -0.137. The molecule has 0 aromatic rings. The fourth-order valence-corrected chi connectivity index (χ4v) is 3.98. The van der Waals surface area contributed by atoms with Crippen molar-refractivity contribution < 1.29 is 24.9 Å². The van der Waals surface area contributed by atoms with Gasteiger partial charge in [0.1, 0.15) is 5.78 Å². The molecule has 2 rings (SSSR count). The Balaban J connectivity index is 1.82. The molecule has 146 valence electrons. The normalized spacial score (nSPS) is 29.3. The van der Waals surface area contributed by atoms with Crippen molar-refractivity contribution in [2.45, 2.75) is 76.9 Å². The highest BCUT2D eigenvalue weighted by Crippen LogP contribution is 2.44. The van der Waals surface area contributed by atoms with E-state index in [1.807, 2.05) is 24.3 Å². The van der Waals surface area contributed by atoms with Gasteiger partial charge in [-0.15, -0.1) is 0 Å². The maximum Gasteiger partial charge on any atom is 0.303 e. The van der Waals surface area contributed by atoms with E-state index in [1.165, 1.54) is 6.42 Å². The maximum absolute atomic E-state index is 12.2. The Bertz CT molecular complexity index is 547. The molecule has 2 aliphatic carbocycles. The summed E-state index contributed by atoms with van der Waals surface area (Å²) >= 11 is 0. The third-order valence-corrected chi connectivity index (χ3v) is 6.07. The molecule has 0 radical (unpaired) electrons. The van der Waals surface area contributed by atoms with E-state index in [2.05, 4.69) is 6.92 Å². The first-order valence-electron chi connectivity index (χ1n) is 9.76. The van der Waals surface area contributed by atoms with Gasteiger partial charge in [-0.25, -0.2) is 0 Å². The second-order valence-corrected chi connectivity index (χ2v) is 8.10. The molecule has 0 heterocycles. The Morgan fingerprint density at radius 1 is 1.31 bits per heavy atom. The van der Waals surface area contributed by atoms with Crippen molar-refractivity contribution >= 4 is 11.8 Å². The minimum Gasteiger partial charge on any atom is -0.481 e. The molecule has 0 spiro atoms. The van der Waals surface area contributed by atoms with Gasteiger partial charge in [-0.1, -0.05) is 37.6 Å². The highest BCUT2D eigenvalue weighted by Gasteiger charge is 2.40. The van der Waals surface area contributed by atoms with Crippen LogP contribution >= 0.6 is 0 Å². The monoisotopic (exact) mass is 364 g/mol. The third kappa shape index (κ3) is 5.52. The summed E-state index contributed by atoms with van der Waals surface area (Å²) < 4.78 is 0. The molecule has 2 saturated carbocycles. The molecule has 0 saturated heterocycles. The van der Waals surface area contributed by atoms with Crippen molar-refractivity contribution in [1.29, 1.82) is 0 Å². The molecule has 0 bridgehead atoms. The first-order chi connectivity index (χ1) is 12.3. The van der Waals surface area contributed by atoms with E-state index in [9.17, 15) is 19.8 Å². The minimum absolute atomic E-state index is 0.0204. The molecule has 5 nitrogen and oxygen atoms in total. The summed E-state index contributed by atoms with van der Waals surface area (Å²) in [6, 6.07) is 0. The zero-order valence-corrected chi connectivity index (χ0v) is 15.6. The molecule has 4 atom stereocenters. The zero-order valence-electron chi connectivity index (χ0n) is 15.6. The van der Waals surface area contributed by atoms with Crippen molar-refractivity contribution in [2.75, 3.05) is 0 Å². The van der Waals surface area contributed by atoms with E-state index in [4.69, 9.17) is 5.11 Å². The van der Waals surface area contributed by atoms with Crippen LogP contribution in [0.3, 0.4) is 0 Å². The Labute approximate surface area is 155 Å². The molecule has 5 heteroatoms. The Morgan fingerprint density at radius 3 is 2.65 bits per heavy atom. The molecule has 26 heavy (non-hydrogen) atoms. The van der Waals surface area contributed by atoms with Gasteiger partial charge in [0.15, 0.2) is 0 Å². The number of unbranched alkanes of at least 4 members (excludes halogenated alkanes) is 1. The maximum atomic E-state index is 12.2. The van der Waals surface area contributed by atoms with E-state index >= 15 is 0 Å². The van der Waals surface area contributed by atoms with Gasteiger partial charge in [-0.3, -0.25) is 9.59 Å². The number of aliphatic hydroxyl groups is 2. The number of allylic oxidation sites excluding steroid dienone is 2. The van der Waals surface area contributed by atoms with E-state index in [0.29, 0.717) is 25.7 Å². The van der Waals surface area contributed by atoms with Crippen LogP contribution in [-0.2, 0) is 9.59 Å². The first kappa shape index (κ1) is 20.8. The van der Waals surface area contributed by atoms with E-state index in [-0.39, 0.29) is 42.0 Å². The van der Waals surface area contributed by atoms with Crippen molar-refractivity contribution in [3.05, 3.63) is 24.3 Å². The van der Waals surface area contributed by atoms with Gasteiger partial charge in [0.05, 0.1) is 12.2 Å². The minimum atomic E-state index is -0.796.